The number of carboxylic acids is 1. The van der Waals surface area contributed by atoms with E-state index >= 15 is 0 Å². The van der Waals surface area contributed by atoms with Crippen LogP contribution in [-0.2, 0) is 15.6 Å². The van der Waals surface area contributed by atoms with E-state index in [0.29, 0.717) is 12.1 Å². The molecule has 0 radical (unpaired) electrons. The second kappa shape index (κ2) is 14.3. The number of rotatable bonds is 10. The Labute approximate surface area is 303 Å². The van der Waals surface area contributed by atoms with Crippen molar-refractivity contribution in [2.45, 2.75) is 60.7 Å². The molecule has 18 heteroatoms. The van der Waals surface area contributed by atoms with E-state index in [0.717, 1.165) is 24.3 Å². The maximum absolute atomic E-state index is 14.3. The minimum absolute atomic E-state index is 0.0248. The maximum Gasteiger partial charge on any atom is 0.454 e. The summed E-state index contributed by atoms with van der Waals surface area (Å²) in [6.45, 7) is 0. The van der Waals surface area contributed by atoms with Gasteiger partial charge in [0.1, 0.15) is 11.5 Å². The summed E-state index contributed by atoms with van der Waals surface area (Å²) in [4.78, 5) is 22.1. The van der Waals surface area contributed by atoms with Crippen LogP contribution in [0.3, 0.4) is 0 Å². The lowest BCUT2D eigenvalue weighted by Gasteiger charge is -2.29. The van der Waals surface area contributed by atoms with Gasteiger partial charge in [-0.1, -0.05) is 12.1 Å². The predicted molar refractivity (Wildman–Crippen MR) is 168 cm³/mol. The van der Waals surface area contributed by atoms with E-state index in [1.165, 1.54) is 55.6 Å². The lowest BCUT2D eigenvalue weighted by molar-refractivity contribution is -0.296. The Morgan fingerprint density at radius 1 is 0.564 bits per heavy atom. The molecule has 0 saturated heterocycles. The first-order valence-electron chi connectivity index (χ1n) is 15.9. The average Bonchev–Trinajstić information content (AvgIpc) is 4.05. The van der Waals surface area contributed by atoms with Crippen LogP contribution in [0, 0.1) is 11.6 Å². The minimum atomic E-state index is -5.74. The van der Waals surface area contributed by atoms with E-state index in [-0.39, 0.29) is 34.1 Å². The van der Waals surface area contributed by atoms with Crippen LogP contribution >= 0.6 is 0 Å². The van der Waals surface area contributed by atoms with E-state index in [2.05, 4.69) is 4.74 Å². The van der Waals surface area contributed by atoms with Gasteiger partial charge in [0.25, 0.3) is 0 Å². The van der Waals surface area contributed by atoms with Crippen molar-refractivity contribution >= 4 is 11.9 Å². The zero-order valence-electron chi connectivity index (χ0n) is 27.9. The number of carboxylic acid groups (broad SMARTS) is 1. The van der Waals surface area contributed by atoms with Crippen molar-refractivity contribution in [2.75, 3.05) is 7.11 Å². The highest BCUT2D eigenvalue weighted by Crippen LogP contribution is 2.64. The fraction of sp³-hybridized carbons (Fsp3) is 0.297. The summed E-state index contributed by atoms with van der Waals surface area (Å²) in [5.41, 5.74) is -5.59. The van der Waals surface area contributed by atoms with Gasteiger partial charge in [-0.15, -0.1) is 0 Å². The van der Waals surface area contributed by atoms with Crippen molar-refractivity contribution < 1.29 is 81.6 Å². The molecule has 2 saturated carbocycles. The highest BCUT2D eigenvalue weighted by atomic mass is 19.4. The number of carbonyl (C=O) groups excluding carboxylic acids is 1. The van der Waals surface area contributed by atoms with Crippen LogP contribution in [0.4, 0.5) is 52.7 Å². The zero-order valence-corrected chi connectivity index (χ0v) is 27.9. The number of hydrogen-bond acceptors (Lipinski definition) is 5. The molecule has 0 atom stereocenters. The van der Waals surface area contributed by atoms with Crippen molar-refractivity contribution in [3.63, 3.8) is 0 Å². The van der Waals surface area contributed by atoms with E-state index < -0.39 is 95.4 Å². The lowest BCUT2D eigenvalue weighted by Crippen LogP contribution is -2.47. The van der Waals surface area contributed by atoms with Gasteiger partial charge in [-0.05, 0) is 110 Å². The van der Waals surface area contributed by atoms with Crippen LogP contribution in [0.25, 0.3) is 0 Å². The summed E-state index contributed by atoms with van der Waals surface area (Å²) < 4.78 is 175. The highest BCUT2D eigenvalue weighted by molar-refractivity contribution is 5.89. The Morgan fingerprint density at radius 3 is 1.18 bits per heavy atom. The molecule has 2 fully saturated rings. The number of esters is 1. The number of ether oxygens (including phenoxy) is 3. The Balaban J connectivity index is 0.000000211. The standard InChI is InChI=1S/C19H14F6O3.C18H12F6O3/c1-27-16(26)11-2-5-13(6-3-11)28-15-7-4-12(10-14(15)20)17(8-9-17)18(21,22)19(23,24)25;19-13-9-11(16(7-8-16)17(20,21)18(22,23)24)3-6-14(13)27-12-4-1-10(2-5-12)15(25)26/h2-7,10H,8-9H2,1H3;1-6,9H,7-8H2,(H,25,26). The second-order valence-electron chi connectivity index (χ2n) is 12.6. The SMILES string of the molecule is COC(=O)c1ccc(Oc2ccc(C3(C(F)(F)C(F)(F)F)CC3)cc2F)cc1.O=C(O)c1ccc(Oc2ccc(C3(C(F)(F)C(F)(F)F)CC3)cc2F)cc1. The third kappa shape index (κ3) is 7.76. The van der Waals surface area contributed by atoms with Gasteiger partial charge < -0.3 is 19.3 Å². The molecule has 0 aromatic heterocycles. The van der Waals surface area contributed by atoms with Crippen molar-refractivity contribution in [1.29, 1.82) is 0 Å². The molecule has 2 aliphatic carbocycles. The molecule has 0 unspecified atom stereocenters. The molecular formula is C37H26F12O6. The van der Waals surface area contributed by atoms with Crippen molar-refractivity contribution in [1.82, 2.24) is 0 Å². The van der Waals surface area contributed by atoms with Crippen LogP contribution in [-0.4, -0.2) is 48.4 Å². The van der Waals surface area contributed by atoms with Crippen LogP contribution in [0.15, 0.2) is 84.9 Å². The number of hydrogen-bond donors (Lipinski definition) is 1. The molecular weight excluding hydrogens is 768 g/mol. The number of halogens is 12. The number of alkyl halides is 10. The normalized spacial score (nSPS) is 15.9. The van der Waals surface area contributed by atoms with Crippen molar-refractivity contribution in [3.05, 3.63) is 119 Å². The summed E-state index contributed by atoms with van der Waals surface area (Å²) in [5, 5.41) is 8.80. The third-order valence-electron chi connectivity index (χ3n) is 9.22. The highest BCUT2D eigenvalue weighted by Gasteiger charge is 2.76. The Bertz CT molecular complexity index is 2050. The summed E-state index contributed by atoms with van der Waals surface area (Å²) in [7, 11) is 1.21. The lowest BCUT2D eigenvalue weighted by atomic mass is 9.88. The molecule has 6 rings (SSSR count). The molecule has 0 heterocycles. The average molecular weight is 795 g/mol. The van der Waals surface area contributed by atoms with Gasteiger partial charge in [0.15, 0.2) is 23.1 Å². The molecule has 55 heavy (non-hydrogen) atoms. The van der Waals surface area contributed by atoms with E-state index in [1.54, 1.807) is 0 Å². The number of methoxy groups -OCH3 is 1. The quantitative estimate of drug-likeness (QED) is 0.127. The molecule has 0 amide bonds. The van der Waals surface area contributed by atoms with E-state index in [4.69, 9.17) is 14.6 Å². The Hall–Kier alpha value is -5.42. The number of carbonyl (C=O) groups is 2. The Kier molecular flexibility index (Phi) is 10.6. The van der Waals surface area contributed by atoms with Gasteiger partial charge in [0.05, 0.1) is 29.1 Å². The van der Waals surface area contributed by atoms with Crippen molar-refractivity contribution in [3.8, 4) is 23.0 Å². The minimum Gasteiger partial charge on any atom is -0.478 e. The smallest absolute Gasteiger partial charge is 0.454 e. The van der Waals surface area contributed by atoms with Gasteiger partial charge >= 0.3 is 36.1 Å². The molecule has 0 aliphatic heterocycles. The van der Waals surface area contributed by atoms with Gasteiger partial charge in [0.2, 0.25) is 0 Å². The first-order chi connectivity index (χ1) is 25.5. The molecule has 294 valence electrons. The van der Waals surface area contributed by atoms with Crippen LogP contribution in [0.5, 0.6) is 23.0 Å². The fourth-order valence-corrected chi connectivity index (χ4v) is 5.82. The largest absolute Gasteiger partial charge is 0.478 e. The predicted octanol–water partition coefficient (Wildman–Crippen LogP) is 11.2. The summed E-state index contributed by atoms with van der Waals surface area (Å²) in [6, 6.07) is 15.7. The number of benzene rings is 4. The zero-order chi connectivity index (χ0) is 40.8. The van der Waals surface area contributed by atoms with Gasteiger partial charge in [-0.25, -0.2) is 18.4 Å². The van der Waals surface area contributed by atoms with Crippen LogP contribution in [0.1, 0.15) is 57.5 Å². The molecule has 0 spiro atoms. The maximum atomic E-state index is 14.3. The van der Waals surface area contributed by atoms with Gasteiger partial charge in [-0.2, -0.15) is 43.9 Å². The first kappa shape index (κ1) is 40.8. The van der Waals surface area contributed by atoms with Gasteiger partial charge in [0, 0.05) is 0 Å². The monoisotopic (exact) mass is 794 g/mol. The second-order valence-corrected chi connectivity index (χ2v) is 12.6. The van der Waals surface area contributed by atoms with Crippen molar-refractivity contribution in [2.24, 2.45) is 0 Å². The van der Waals surface area contributed by atoms with E-state index in [9.17, 15) is 62.3 Å². The molecule has 1 N–H and O–H groups in total. The molecule has 4 aromatic rings. The molecule has 6 nitrogen and oxygen atoms in total. The molecule has 2 aliphatic rings. The van der Waals surface area contributed by atoms with Gasteiger partial charge in [-0.3, -0.25) is 0 Å². The topological polar surface area (TPSA) is 82.1 Å². The molecule has 0 bridgehead atoms. The van der Waals surface area contributed by atoms with E-state index in [1.807, 2.05) is 0 Å². The third-order valence-corrected chi connectivity index (χ3v) is 9.22. The summed E-state index contributed by atoms with van der Waals surface area (Å²) >= 11 is 0. The molecule has 4 aromatic carbocycles. The fourth-order valence-electron chi connectivity index (χ4n) is 5.82. The summed E-state index contributed by atoms with van der Waals surface area (Å²) in [5.74, 6) is -14.4. The first-order valence-corrected chi connectivity index (χ1v) is 15.9. The number of aromatic carboxylic acids is 1. The van der Waals surface area contributed by atoms with Crippen LogP contribution < -0.4 is 9.47 Å². The summed E-state index contributed by atoms with van der Waals surface area (Å²) in [6.07, 6.45) is -13.1. The Morgan fingerprint density at radius 2 is 0.909 bits per heavy atom. The van der Waals surface area contributed by atoms with Crippen LogP contribution in [0.2, 0.25) is 0 Å².